The summed E-state index contributed by atoms with van der Waals surface area (Å²) in [5, 5.41) is 12.1. The molecule has 2 heterocycles. The second-order valence-electron chi connectivity index (χ2n) is 8.08. The van der Waals surface area contributed by atoms with Crippen LogP contribution in [-0.2, 0) is 6.42 Å². The van der Waals surface area contributed by atoms with Crippen LogP contribution in [0.3, 0.4) is 0 Å². The van der Waals surface area contributed by atoms with Crippen molar-refractivity contribution >= 4 is 18.3 Å². The number of carbonyl (C=O) groups excluding carboxylic acids is 1. The van der Waals surface area contributed by atoms with Crippen molar-refractivity contribution in [3.63, 3.8) is 0 Å². The molecule has 0 bridgehead atoms. The lowest BCUT2D eigenvalue weighted by atomic mass is 9.99. The third-order valence-corrected chi connectivity index (χ3v) is 5.89. The van der Waals surface area contributed by atoms with Crippen LogP contribution in [0.15, 0.2) is 30.3 Å². The molecule has 1 amide bonds. The van der Waals surface area contributed by atoms with Gasteiger partial charge >= 0.3 is 0 Å². The van der Waals surface area contributed by atoms with Crippen molar-refractivity contribution in [2.75, 3.05) is 19.6 Å². The van der Waals surface area contributed by atoms with E-state index in [9.17, 15) is 4.79 Å². The van der Waals surface area contributed by atoms with Gasteiger partial charge in [-0.1, -0.05) is 55.8 Å². The molecule has 3 rings (SSSR count). The largest absolute Gasteiger partial charge is 0.334 e. The van der Waals surface area contributed by atoms with Gasteiger partial charge in [0.1, 0.15) is 0 Å². The first-order valence-electron chi connectivity index (χ1n) is 11.1. The molecule has 1 N–H and O–H groups in total. The fourth-order valence-corrected chi connectivity index (χ4v) is 4.35. The van der Waals surface area contributed by atoms with E-state index in [2.05, 4.69) is 53.7 Å². The highest BCUT2D eigenvalue weighted by Gasteiger charge is 2.29. The Morgan fingerprint density at radius 2 is 1.90 bits per heavy atom. The second-order valence-corrected chi connectivity index (χ2v) is 8.08. The zero-order valence-corrected chi connectivity index (χ0v) is 19.3. The van der Waals surface area contributed by atoms with Gasteiger partial charge in [0.2, 0.25) is 0 Å². The average molecular weight is 434 g/mol. The van der Waals surface area contributed by atoms with E-state index in [1.165, 1.54) is 5.56 Å². The van der Waals surface area contributed by atoms with E-state index >= 15 is 0 Å². The van der Waals surface area contributed by atoms with Crippen molar-refractivity contribution < 1.29 is 4.79 Å². The van der Waals surface area contributed by atoms with Crippen molar-refractivity contribution in [2.24, 2.45) is 0 Å². The maximum absolute atomic E-state index is 13.6. The van der Waals surface area contributed by atoms with Gasteiger partial charge in [-0.3, -0.25) is 4.79 Å². The molecule has 1 aromatic carbocycles. The number of carbonyl (C=O) groups is 1. The quantitative estimate of drug-likeness (QED) is 0.643. The molecular weight excluding hydrogens is 398 g/mol. The highest BCUT2D eigenvalue weighted by molar-refractivity contribution is 5.93. The summed E-state index contributed by atoms with van der Waals surface area (Å²) in [7, 11) is 0. The highest BCUT2D eigenvalue weighted by Crippen LogP contribution is 2.23. The fourth-order valence-electron chi connectivity index (χ4n) is 4.35. The standard InChI is InChI=1S/C23H35N5O.ClH/c1-4-9-21(17-19-10-7-6-8-11-19)27(16-5-2)23(29)22-18(3)28(26-25-22)20-12-14-24-15-13-20;/h6-8,10-11,20-21,24H,4-5,9,12-17H2,1-3H3;1H. The van der Waals surface area contributed by atoms with E-state index in [0.29, 0.717) is 11.7 Å². The van der Waals surface area contributed by atoms with Gasteiger partial charge in [0.05, 0.1) is 11.7 Å². The Bertz CT molecular complexity index is 773. The van der Waals surface area contributed by atoms with Gasteiger partial charge in [-0.05, 0) is 57.7 Å². The van der Waals surface area contributed by atoms with Gasteiger partial charge in [0.25, 0.3) is 5.91 Å². The third kappa shape index (κ3) is 5.82. The zero-order chi connectivity index (χ0) is 20.6. The molecule has 6 nitrogen and oxygen atoms in total. The summed E-state index contributed by atoms with van der Waals surface area (Å²) in [6, 6.07) is 11.0. The Labute approximate surface area is 186 Å². The minimum absolute atomic E-state index is 0. The molecule has 7 heteroatoms. The maximum atomic E-state index is 13.6. The van der Waals surface area contributed by atoms with Crippen LogP contribution in [0.1, 0.15) is 73.7 Å². The first kappa shape index (κ1) is 24.4. The van der Waals surface area contributed by atoms with Gasteiger partial charge in [-0.15, -0.1) is 17.5 Å². The molecule has 0 spiro atoms. The topological polar surface area (TPSA) is 63.1 Å². The summed E-state index contributed by atoms with van der Waals surface area (Å²) in [6.07, 6.45) is 5.91. The number of hydrogen-bond donors (Lipinski definition) is 1. The molecule has 1 aliphatic rings. The van der Waals surface area contributed by atoms with E-state index < -0.39 is 0 Å². The molecule has 1 saturated heterocycles. The molecular formula is C23H36ClN5O. The second kappa shape index (κ2) is 12.1. The van der Waals surface area contributed by atoms with Crippen molar-refractivity contribution in [3.05, 3.63) is 47.3 Å². The fraction of sp³-hybridized carbons (Fsp3) is 0.609. The first-order chi connectivity index (χ1) is 14.2. The van der Waals surface area contributed by atoms with Crippen LogP contribution in [0.25, 0.3) is 0 Å². The van der Waals surface area contributed by atoms with Crippen molar-refractivity contribution in [3.8, 4) is 0 Å². The highest BCUT2D eigenvalue weighted by atomic mass is 35.5. The number of hydrogen-bond acceptors (Lipinski definition) is 4. The van der Waals surface area contributed by atoms with Gasteiger partial charge in [0, 0.05) is 12.6 Å². The number of halogens is 1. The van der Waals surface area contributed by atoms with Crippen molar-refractivity contribution in [1.82, 2.24) is 25.2 Å². The Morgan fingerprint density at radius 1 is 1.20 bits per heavy atom. The Balaban J connectivity index is 0.00000320. The number of piperidine rings is 1. The lowest BCUT2D eigenvalue weighted by Gasteiger charge is -2.31. The van der Waals surface area contributed by atoms with E-state index in [0.717, 1.165) is 63.9 Å². The van der Waals surface area contributed by atoms with Gasteiger partial charge in [-0.2, -0.15) is 0 Å². The monoisotopic (exact) mass is 433 g/mol. The zero-order valence-electron chi connectivity index (χ0n) is 18.5. The lowest BCUT2D eigenvalue weighted by molar-refractivity contribution is 0.0659. The molecule has 1 unspecified atom stereocenters. The molecule has 1 atom stereocenters. The van der Waals surface area contributed by atoms with Crippen LogP contribution < -0.4 is 5.32 Å². The molecule has 1 aromatic heterocycles. The van der Waals surface area contributed by atoms with Crippen LogP contribution in [0.4, 0.5) is 0 Å². The SMILES string of the molecule is CCCC(Cc1ccccc1)N(CCC)C(=O)c1nnn(C2CCNCC2)c1C.Cl. The van der Waals surface area contributed by atoms with Crippen LogP contribution in [0.5, 0.6) is 0 Å². The number of rotatable bonds is 9. The van der Waals surface area contributed by atoms with E-state index in [1.54, 1.807) is 0 Å². The Kier molecular flexibility index (Phi) is 9.79. The third-order valence-electron chi connectivity index (χ3n) is 5.89. The van der Waals surface area contributed by atoms with Crippen LogP contribution in [-0.4, -0.2) is 51.5 Å². The minimum Gasteiger partial charge on any atom is -0.334 e. The van der Waals surface area contributed by atoms with Crippen LogP contribution >= 0.6 is 12.4 Å². The molecule has 0 aliphatic carbocycles. The number of amides is 1. The molecule has 166 valence electrons. The summed E-state index contributed by atoms with van der Waals surface area (Å²) in [5.41, 5.74) is 2.69. The number of aromatic nitrogens is 3. The maximum Gasteiger partial charge on any atom is 0.276 e. The molecule has 30 heavy (non-hydrogen) atoms. The smallest absolute Gasteiger partial charge is 0.276 e. The summed E-state index contributed by atoms with van der Waals surface area (Å²) in [4.78, 5) is 15.6. The average Bonchev–Trinajstić information content (AvgIpc) is 3.14. The Morgan fingerprint density at radius 3 is 2.53 bits per heavy atom. The normalized spacial score (nSPS) is 15.4. The summed E-state index contributed by atoms with van der Waals surface area (Å²) >= 11 is 0. The molecule has 1 fully saturated rings. The molecule has 1 aliphatic heterocycles. The van der Waals surface area contributed by atoms with Gasteiger partial charge in [-0.25, -0.2) is 4.68 Å². The van der Waals surface area contributed by atoms with Crippen LogP contribution in [0, 0.1) is 6.92 Å². The summed E-state index contributed by atoms with van der Waals surface area (Å²) < 4.78 is 1.98. The minimum atomic E-state index is 0. The lowest BCUT2D eigenvalue weighted by Crippen LogP contribution is -2.42. The van der Waals surface area contributed by atoms with Crippen molar-refractivity contribution in [2.45, 2.75) is 71.4 Å². The van der Waals surface area contributed by atoms with E-state index in [1.807, 2.05) is 22.6 Å². The molecule has 2 aromatic rings. The van der Waals surface area contributed by atoms with E-state index in [-0.39, 0.29) is 24.4 Å². The molecule has 0 saturated carbocycles. The Hall–Kier alpha value is -1.92. The van der Waals surface area contributed by atoms with Gasteiger partial charge < -0.3 is 10.2 Å². The predicted octanol–water partition coefficient (Wildman–Crippen LogP) is 4.20. The number of nitrogens with zero attached hydrogens (tertiary/aromatic N) is 4. The van der Waals surface area contributed by atoms with Crippen LogP contribution in [0.2, 0.25) is 0 Å². The molecule has 0 radical (unpaired) electrons. The van der Waals surface area contributed by atoms with E-state index in [4.69, 9.17) is 0 Å². The summed E-state index contributed by atoms with van der Waals surface area (Å²) in [5.74, 6) is 0.0268. The first-order valence-corrected chi connectivity index (χ1v) is 11.1. The van der Waals surface area contributed by atoms with Gasteiger partial charge in [0.15, 0.2) is 5.69 Å². The number of nitrogens with one attached hydrogen (secondary N) is 1. The summed E-state index contributed by atoms with van der Waals surface area (Å²) in [6.45, 7) is 9.03. The van der Waals surface area contributed by atoms with Crippen molar-refractivity contribution in [1.29, 1.82) is 0 Å². The number of benzene rings is 1. The predicted molar refractivity (Wildman–Crippen MR) is 123 cm³/mol.